The maximum absolute atomic E-state index is 11.5. The molecule has 0 fully saturated rings. The highest BCUT2D eigenvalue weighted by Gasteiger charge is 2.14. The lowest BCUT2D eigenvalue weighted by atomic mass is 9.86. The molecule has 0 aliphatic heterocycles. The molecule has 0 unspecified atom stereocenters. The first-order valence-corrected chi connectivity index (χ1v) is 7.14. The van der Waals surface area contributed by atoms with E-state index in [0.717, 1.165) is 45.4 Å². The highest BCUT2D eigenvalue weighted by molar-refractivity contribution is 5.75. The van der Waals surface area contributed by atoms with Crippen LogP contribution in [-0.2, 0) is 4.79 Å². The van der Waals surface area contributed by atoms with Crippen molar-refractivity contribution in [3.63, 3.8) is 0 Å². The summed E-state index contributed by atoms with van der Waals surface area (Å²) in [6, 6.07) is 0. The minimum Gasteiger partial charge on any atom is -0.356 e. The lowest BCUT2D eigenvalue weighted by Crippen LogP contribution is -2.31. The fourth-order valence-corrected chi connectivity index (χ4v) is 1.52. The van der Waals surface area contributed by atoms with Crippen molar-refractivity contribution in [2.24, 2.45) is 5.41 Å². The number of hydrogen-bond acceptors (Lipinski definition) is 3. The average Bonchev–Trinajstić information content (AvgIpc) is 2.33. The highest BCUT2D eigenvalue weighted by atomic mass is 16.1. The second-order valence-electron chi connectivity index (χ2n) is 5.57. The van der Waals surface area contributed by atoms with Gasteiger partial charge in [-0.1, -0.05) is 27.2 Å². The molecule has 108 valence electrons. The summed E-state index contributed by atoms with van der Waals surface area (Å²) in [5, 5.41) is 9.35. The van der Waals surface area contributed by atoms with Gasteiger partial charge in [0, 0.05) is 19.5 Å². The van der Waals surface area contributed by atoms with E-state index in [1.807, 2.05) is 7.05 Å². The smallest absolute Gasteiger partial charge is 0.221 e. The zero-order chi connectivity index (χ0) is 13.9. The first-order valence-electron chi connectivity index (χ1n) is 7.14. The van der Waals surface area contributed by atoms with Crippen molar-refractivity contribution in [2.75, 3.05) is 33.2 Å². The van der Waals surface area contributed by atoms with E-state index in [9.17, 15) is 4.79 Å². The summed E-state index contributed by atoms with van der Waals surface area (Å²) in [7, 11) is 1.95. The summed E-state index contributed by atoms with van der Waals surface area (Å²) in [6.45, 7) is 10.2. The molecule has 0 aliphatic carbocycles. The molecule has 0 atom stereocenters. The van der Waals surface area contributed by atoms with Crippen molar-refractivity contribution in [1.82, 2.24) is 16.0 Å². The third kappa shape index (κ3) is 10.5. The Morgan fingerprint density at radius 3 is 2.44 bits per heavy atom. The molecule has 4 nitrogen and oxygen atoms in total. The first-order chi connectivity index (χ1) is 8.52. The number of rotatable bonds is 11. The molecule has 0 radical (unpaired) electrons. The topological polar surface area (TPSA) is 53.2 Å². The van der Waals surface area contributed by atoms with Gasteiger partial charge in [0.2, 0.25) is 5.91 Å². The summed E-state index contributed by atoms with van der Waals surface area (Å²) in [5.74, 6) is 0.156. The van der Waals surface area contributed by atoms with Crippen molar-refractivity contribution in [3.05, 3.63) is 0 Å². The SMILES string of the molecule is CCC(C)(C)CCNC(=O)CCNCCCNC. The Balaban J connectivity index is 3.38. The van der Waals surface area contributed by atoms with Gasteiger partial charge in [-0.25, -0.2) is 0 Å². The quantitative estimate of drug-likeness (QED) is 0.492. The molecular weight excluding hydrogens is 226 g/mol. The lowest BCUT2D eigenvalue weighted by molar-refractivity contribution is -0.121. The first kappa shape index (κ1) is 17.4. The molecule has 0 bridgehead atoms. The van der Waals surface area contributed by atoms with E-state index in [-0.39, 0.29) is 5.91 Å². The molecule has 3 N–H and O–H groups in total. The van der Waals surface area contributed by atoms with E-state index in [0.29, 0.717) is 11.8 Å². The fraction of sp³-hybridized carbons (Fsp3) is 0.929. The molecule has 0 aromatic rings. The Kier molecular flexibility index (Phi) is 9.98. The van der Waals surface area contributed by atoms with Gasteiger partial charge in [-0.05, 0) is 38.4 Å². The van der Waals surface area contributed by atoms with Crippen LogP contribution in [0.25, 0.3) is 0 Å². The molecule has 4 heteroatoms. The minimum absolute atomic E-state index is 0.156. The van der Waals surface area contributed by atoms with E-state index in [2.05, 4.69) is 36.7 Å². The van der Waals surface area contributed by atoms with Gasteiger partial charge in [0.05, 0.1) is 0 Å². The van der Waals surface area contributed by atoms with Crippen LogP contribution in [0.1, 0.15) is 46.5 Å². The maximum atomic E-state index is 11.5. The summed E-state index contributed by atoms with van der Waals surface area (Å²) < 4.78 is 0. The molecule has 0 saturated heterocycles. The van der Waals surface area contributed by atoms with E-state index < -0.39 is 0 Å². The average molecular weight is 257 g/mol. The zero-order valence-electron chi connectivity index (χ0n) is 12.6. The van der Waals surface area contributed by atoms with Gasteiger partial charge in [0.25, 0.3) is 0 Å². The van der Waals surface area contributed by atoms with Gasteiger partial charge in [0.15, 0.2) is 0 Å². The second-order valence-corrected chi connectivity index (χ2v) is 5.57. The number of nitrogens with one attached hydrogen (secondary N) is 3. The van der Waals surface area contributed by atoms with Crippen LogP contribution < -0.4 is 16.0 Å². The molecular formula is C14H31N3O. The van der Waals surface area contributed by atoms with Crippen LogP contribution in [0.5, 0.6) is 0 Å². The number of amides is 1. The van der Waals surface area contributed by atoms with Crippen molar-refractivity contribution < 1.29 is 4.79 Å². The Bertz CT molecular complexity index is 217. The third-order valence-electron chi connectivity index (χ3n) is 3.39. The van der Waals surface area contributed by atoms with Crippen LogP contribution in [-0.4, -0.2) is 39.1 Å². The highest BCUT2D eigenvalue weighted by Crippen LogP contribution is 2.23. The fourth-order valence-electron chi connectivity index (χ4n) is 1.52. The Morgan fingerprint density at radius 1 is 1.11 bits per heavy atom. The Morgan fingerprint density at radius 2 is 1.83 bits per heavy atom. The van der Waals surface area contributed by atoms with E-state index in [4.69, 9.17) is 0 Å². The minimum atomic E-state index is 0.156. The van der Waals surface area contributed by atoms with Gasteiger partial charge in [-0.3, -0.25) is 4.79 Å². The van der Waals surface area contributed by atoms with Crippen LogP contribution in [0.15, 0.2) is 0 Å². The zero-order valence-corrected chi connectivity index (χ0v) is 12.6. The molecule has 0 aromatic carbocycles. The number of hydrogen-bond donors (Lipinski definition) is 3. The summed E-state index contributed by atoms with van der Waals surface area (Å²) in [6.07, 6.45) is 3.87. The maximum Gasteiger partial charge on any atom is 0.221 e. The van der Waals surface area contributed by atoms with Gasteiger partial charge in [-0.15, -0.1) is 0 Å². The van der Waals surface area contributed by atoms with E-state index in [1.165, 1.54) is 0 Å². The van der Waals surface area contributed by atoms with Crippen LogP contribution in [0.3, 0.4) is 0 Å². The molecule has 0 spiro atoms. The van der Waals surface area contributed by atoms with Gasteiger partial charge >= 0.3 is 0 Å². The lowest BCUT2D eigenvalue weighted by Gasteiger charge is -2.22. The van der Waals surface area contributed by atoms with Crippen LogP contribution in [0, 0.1) is 5.41 Å². The summed E-state index contributed by atoms with van der Waals surface area (Å²) >= 11 is 0. The number of carbonyl (C=O) groups is 1. The third-order valence-corrected chi connectivity index (χ3v) is 3.39. The summed E-state index contributed by atoms with van der Waals surface area (Å²) in [4.78, 5) is 11.5. The van der Waals surface area contributed by atoms with E-state index >= 15 is 0 Å². The van der Waals surface area contributed by atoms with Gasteiger partial charge < -0.3 is 16.0 Å². The van der Waals surface area contributed by atoms with Crippen molar-refractivity contribution in [2.45, 2.75) is 46.5 Å². The molecule has 0 rings (SSSR count). The molecule has 0 aliphatic rings. The standard InChI is InChI=1S/C14H31N3O/c1-5-14(2,3)8-12-17-13(18)7-11-16-10-6-9-15-4/h15-16H,5-12H2,1-4H3,(H,17,18). The summed E-state index contributed by atoms with van der Waals surface area (Å²) in [5.41, 5.74) is 0.332. The Labute approximate surface area is 112 Å². The molecule has 0 saturated carbocycles. The second kappa shape index (κ2) is 10.3. The van der Waals surface area contributed by atoms with Gasteiger partial charge in [0.1, 0.15) is 0 Å². The predicted molar refractivity (Wildman–Crippen MR) is 77.7 cm³/mol. The Hall–Kier alpha value is -0.610. The number of carbonyl (C=O) groups excluding carboxylic acids is 1. The largest absolute Gasteiger partial charge is 0.356 e. The van der Waals surface area contributed by atoms with Crippen LogP contribution in [0.4, 0.5) is 0 Å². The van der Waals surface area contributed by atoms with E-state index in [1.54, 1.807) is 0 Å². The van der Waals surface area contributed by atoms with Crippen LogP contribution in [0.2, 0.25) is 0 Å². The normalized spacial score (nSPS) is 11.6. The monoisotopic (exact) mass is 257 g/mol. The van der Waals surface area contributed by atoms with Crippen molar-refractivity contribution >= 4 is 5.91 Å². The van der Waals surface area contributed by atoms with Crippen LogP contribution >= 0.6 is 0 Å². The molecule has 1 amide bonds. The molecule has 0 aromatic heterocycles. The predicted octanol–water partition coefficient (Wildman–Crippen LogP) is 1.52. The van der Waals surface area contributed by atoms with Crippen molar-refractivity contribution in [3.8, 4) is 0 Å². The molecule has 18 heavy (non-hydrogen) atoms. The molecule has 0 heterocycles. The van der Waals surface area contributed by atoms with Gasteiger partial charge in [-0.2, -0.15) is 0 Å². The van der Waals surface area contributed by atoms with Crippen molar-refractivity contribution in [1.29, 1.82) is 0 Å².